The van der Waals surface area contributed by atoms with Crippen LogP contribution in [-0.2, 0) is 0 Å². The van der Waals surface area contributed by atoms with Crippen molar-refractivity contribution in [1.82, 2.24) is 9.88 Å². The topological polar surface area (TPSA) is 49.6 Å². The molecule has 0 aliphatic carbocycles. The molecule has 0 bridgehead atoms. The summed E-state index contributed by atoms with van der Waals surface area (Å²) in [6.07, 6.45) is 0.842. The lowest BCUT2D eigenvalue weighted by atomic mass is 10.2. The molecule has 0 unspecified atom stereocenters. The zero-order valence-electron chi connectivity index (χ0n) is 16.3. The first-order valence-electron chi connectivity index (χ1n) is 9.93. The van der Waals surface area contributed by atoms with Gasteiger partial charge in [-0.15, -0.1) is 11.3 Å². The molecular weight excluding hydrogens is 401 g/mol. The van der Waals surface area contributed by atoms with E-state index < -0.39 is 0 Å². The number of rotatable bonds is 3. The summed E-state index contributed by atoms with van der Waals surface area (Å²) >= 11 is 1.55. The zero-order valence-corrected chi connectivity index (χ0v) is 17.1. The number of amides is 1. The summed E-state index contributed by atoms with van der Waals surface area (Å²) in [6, 6.07) is 18.0. The number of benzene rings is 2. The quantitative estimate of drug-likeness (QED) is 0.465. The van der Waals surface area contributed by atoms with Crippen molar-refractivity contribution in [1.29, 1.82) is 0 Å². The maximum Gasteiger partial charge on any atom is 0.289 e. The van der Waals surface area contributed by atoms with Gasteiger partial charge < -0.3 is 14.2 Å². The molecule has 3 heterocycles. The number of halogens is 1. The highest BCUT2D eigenvalue weighted by atomic mass is 32.1. The Bertz CT molecular complexity index is 1150. The van der Waals surface area contributed by atoms with E-state index >= 15 is 0 Å². The minimum Gasteiger partial charge on any atom is -0.448 e. The normalized spacial score (nSPS) is 14.8. The minimum atomic E-state index is -0.243. The summed E-state index contributed by atoms with van der Waals surface area (Å²) in [5.74, 6) is 0.595. The van der Waals surface area contributed by atoms with Gasteiger partial charge in [0.25, 0.3) is 5.91 Å². The molecule has 1 aliphatic rings. The van der Waals surface area contributed by atoms with Crippen LogP contribution in [0.5, 0.6) is 0 Å². The molecule has 30 heavy (non-hydrogen) atoms. The molecule has 1 fully saturated rings. The second kappa shape index (κ2) is 7.91. The number of hydrogen-bond donors (Lipinski definition) is 0. The van der Waals surface area contributed by atoms with Crippen molar-refractivity contribution < 1.29 is 13.6 Å². The van der Waals surface area contributed by atoms with Crippen LogP contribution < -0.4 is 4.90 Å². The molecule has 0 spiro atoms. The number of carbonyl (C=O) groups excluding carboxylic acids is 1. The monoisotopic (exact) mass is 421 g/mol. The van der Waals surface area contributed by atoms with Crippen molar-refractivity contribution in [2.75, 3.05) is 31.1 Å². The van der Waals surface area contributed by atoms with Gasteiger partial charge in [-0.1, -0.05) is 12.1 Å². The Morgan fingerprint density at radius 2 is 1.80 bits per heavy atom. The lowest BCUT2D eigenvalue weighted by Gasteiger charge is -2.23. The molecule has 5 nitrogen and oxygen atoms in total. The van der Waals surface area contributed by atoms with Gasteiger partial charge in [0.2, 0.25) is 0 Å². The van der Waals surface area contributed by atoms with E-state index in [0.29, 0.717) is 31.2 Å². The predicted molar refractivity (Wildman–Crippen MR) is 116 cm³/mol. The van der Waals surface area contributed by atoms with E-state index in [-0.39, 0.29) is 11.7 Å². The average Bonchev–Trinajstić information content (AvgIpc) is 3.35. The van der Waals surface area contributed by atoms with Crippen LogP contribution in [0.1, 0.15) is 17.0 Å². The van der Waals surface area contributed by atoms with Crippen LogP contribution in [0.15, 0.2) is 65.1 Å². The molecule has 2 aromatic heterocycles. The first-order valence-corrected chi connectivity index (χ1v) is 10.7. The maximum absolute atomic E-state index is 13.2. The summed E-state index contributed by atoms with van der Waals surface area (Å²) in [7, 11) is 0. The van der Waals surface area contributed by atoms with Crippen LogP contribution in [0.2, 0.25) is 0 Å². The van der Waals surface area contributed by atoms with E-state index in [1.54, 1.807) is 29.5 Å². The molecular formula is C23H20FN3O2S. The van der Waals surface area contributed by atoms with E-state index in [0.717, 1.165) is 33.9 Å². The number of thiazole rings is 1. The third-order valence-corrected chi connectivity index (χ3v) is 6.35. The molecule has 1 saturated heterocycles. The molecule has 1 aliphatic heterocycles. The highest BCUT2D eigenvalue weighted by molar-refractivity contribution is 7.21. The third-order valence-electron chi connectivity index (χ3n) is 5.30. The number of aromatic nitrogens is 1. The second-order valence-electron chi connectivity index (χ2n) is 7.26. The van der Waals surface area contributed by atoms with Crippen LogP contribution in [0.25, 0.3) is 21.0 Å². The Morgan fingerprint density at radius 1 is 0.967 bits per heavy atom. The molecule has 0 radical (unpaired) electrons. The van der Waals surface area contributed by atoms with Crippen molar-refractivity contribution in [3.63, 3.8) is 0 Å². The maximum atomic E-state index is 13.2. The lowest BCUT2D eigenvalue weighted by Crippen LogP contribution is -2.35. The number of para-hydroxylation sites is 1. The summed E-state index contributed by atoms with van der Waals surface area (Å²) in [5, 5.41) is 0.772. The summed E-state index contributed by atoms with van der Waals surface area (Å²) in [4.78, 5) is 21.6. The molecule has 0 atom stereocenters. The number of hydrogen-bond acceptors (Lipinski definition) is 5. The fraction of sp³-hybridized carbons (Fsp3) is 0.217. The van der Waals surface area contributed by atoms with Crippen molar-refractivity contribution in [2.45, 2.75) is 6.42 Å². The lowest BCUT2D eigenvalue weighted by molar-refractivity contribution is 0.0736. The molecule has 5 rings (SSSR count). The van der Waals surface area contributed by atoms with E-state index in [2.05, 4.69) is 9.88 Å². The fourth-order valence-electron chi connectivity index (χ4n) is 3.73. The van der Waals surface area contributed by atoms with Crippen LogP contribution in [0, 0.1) is 5.82 Å². The Labute approximate surface area is 177 Å². The summed E-state index contributed by atoms with van der Waals surface area (Å²) in [6.45, 7) is 2.77. The number of nitrogens with zero attached hydrogens (tertiary/aromatic N) is 3. The van der Waals surface area contributed by atoms with Crippen molar-refractivity contribution >= 4 is 33.1 Å². The Balaban J connectivity index is 1.29. The Morgan fingerprint density at radius 3 is 2.63 bits per heavy atom. The smallest absolute Gasteiger partial charge is 0.289 e. The van der Waals surface area contributed by atoms with Crippen LogP contribution in [-0.4, -0.2) is 42.0 Å². The van der Waals surface area contributed by atoms with Crippen LogP contribution in [0.4, 0.5) is 10.1 Å². The average molecular weight is 421 g/mol. The van der Waals surface area contributed by atoms with Crippen LogP contribution in [0.3, 0.4) is 0 Å². The first-order chi connectivity index (χ1) is 14.7. The van der Waals surface area contributed by atoms with Gasteiger partial charge in [0.15, 0.2) is 16.5 Å². The Kier molecular flexibility index (Phi) is 4.96. The standard InChI is InChI=1S/C23H20FN3O2S/c24-16-6-8-17(9-7-16)26-12-3-13-27(15-14-26)23(28)20-11-10-19(29-20)22-25-18-4-1-2-5-21(18)30-22/h1-2,4-11H,3,12-15H2. The number of anilines is 1. The van der Waals surface area contributed by atoms with Crippen molar-refractivity contribution in [3.8, 4) is 10.8 Å². The van der Waals surface area contributed by atoms with Gasteiger partial charge in [-0.3, -0.25) is 4.79 Å². The molecule has 2 aromatic carbocycles. The predicted octanol–water partition coefficient (Wildman–Crippen LogP) is 5.05. The van der Waals surface area contributed by atoms with Gasteiger partial charge in [0, 0.05) is 31.9 Å². The second-order valence-corrected chi connectivity index (χ2v) is 8.29. The third kappa shape index (κ3) is 3.68. The SMILES string of the molecule is O=C(c1ccc(-c2nc3ccccc3s2)o1)N1CCCN(c2ccc(F)cc2)CC1. The van der Waals surface area contributed by atoms with E-state index in [1.807, 2.05) is 35.2 Å². The highest BCUT2D eigenvalue weighted by Gasteiger charge is 2.23. The largest absolute Gasteiger partial charge is 0.448 e. The van der Waals surface area contributed by atoms with Gasteiger partial charge in [0.05, 0.1) is 10.2 Å². The minimum absolute atomic E-state index is 0.108. The Hall–Kier alpha value is -3.19. The summed E-state index contributed by atoms with van der Waals surface area (Å²) in [5.41, 5.74) is 1.90. The fourth-order valence-corrected chi connectivity index (χ4v) is 4.66. The van der Waals surface area contributed by atoms with Gasteiger partial charge >= 0.3 is 0 Å². The van der Waals surface area contributed by atoms with Crippen LogP contribution >= 0.6 is 11.3 Å². The molecule has 0 N–H and O–H groups in total. The van der Waals surface area contributed by atoms with Gasteiger partial charge in [-0.05, 0) is 55.0 Å². The van der Waals surface area contributed by atoms with Crippen molar-refractivity contribution in [3.05, 3.63) is 72.2 Å². The number of fused-ring (bicyclic) bond motifs is 1. The highest BCUT2D eigenvalue weighted by Crippen LogP contribution is 2.31. The van der Waals surface area contributed by atoms with Gasteiger partial charge in [0.1, 0.15) is 5.82 Å². The zero-order chi connectivity index (χ0) is 20.5. The molecule has 4 aromatic rings. The van der Waals surface area contributed by atoms with Gasteiger partial charge in [-0.2, -0.15) is 0 Å². The van der Waals surface area contributed by atoms with E-state index in [1.165, 1.54) is 12.1 Å². The first kappa shape index (κ1) is 18.8. The van der Waals surface area contributed by atoms with Gasteiger partial charge in [-0.25, -0.2) is 9.37 Å². The number of carbonyl (C=O) groups is 1. The number of furan rings is 1. The molecule has 1 amide bonds. The molecule has 0 saturated carbocycles. The molecule has 152 valence electrons. The molecule has 7 heteroatoms. The van der Waals surface area contributed by atoms with Crippen molar-refractivity contribution in [2.24, 2.45) is 0 Å². The summed E-state index contributed by atoms with van der Waals surface area (Å²) < 4.78 is 20.2. The van der Waals surface area contributed by atoms with E-state index in [4.69, 9.17) is 4.42 Å². The van der Waals surface area contributed by atoms with E-state index in [9.17, 15) is 9.18 Å².